The van der Waals surface area contributed by atoms with Crippen LogP contribution in [0.3, 0.4) is 0 Å². The molecule has 2 aromatic rings. The molecular weight excluding hydrogens is 360 g/mol. The quantitative estimate of drug-likeness (QED) is 0.349. The molecule has 2 aromatic carbocycles. The van der Waals surface area contributed by atoms with Gasteiger partial charge in [0.1, 0.15) is 17.5 Å². The average Bonchev–Trinajstić information content (AvgIpc) is 2.56. The summed E-state index contributed by atoms with van der Waals surface area (Å²) in [6, 6.07) is 9.91. The maximum absolute atomic E-state index is 13.2. The Bertz CT molecular complexity index is 885. The van der Waals surface area contributed by atoms with Gasteiger partial charge < -0.3 is 5.32 Å². The van der Waals surface area contributed by atoms with Crippen LogP contribution in [0.1, 0.15) is 15.9 Å². The zero-order valence-electron chi connectivity index (χ0n) is 12.4. The molecule has 0 radical (unpaired) electrons. The van der Waals surface area contributed by atoms with Gasteiger partial charge in [0.2, 0.25) is 5.78 Å². The molecule has 0 fully saturated rings. The third-order valence-corrected chi connectivity index (χ3v) is 3.47. The predicted molar refractivity (Wildman–Crippen MR) is 84.5 cm³/mol. The van der Waals surface area contributed by atoms with Gasteiger partial charge in [-0.2, -0.15) is 18.4 Å². The lowest BCUT2D eigenvalue weighted by atomic mass is 10.1. The van der Waals surface area contributed by atoms with Crippen LogP contribution >= 0.6 is 11.6 Å². The van der Waals surface area contributed by atoms with E-state index in [1.807, 2.05) is 0 Å². The summed E-state index contributed by atoms with van der Waals surface area (Å²) >= 11 is 5.88. The first-order valence-corrected chi connectivity index (χ1v) is 7.14. The largest absolute Gasteiger partial charge is 0.419 e. The minimum Gasteiger partial charge on any atom is -0.360 e. The van der Waals surface area contributed by atoms with Crippen molar-refractivity contribution in [3.63, 3.8) is 0 Å². The fourth-order valence-electron chi connectivity index (χ4n) is 1.93. The number of nitrogens with one attached hydrogen (secondary N) is 1. The molecule has 0 heterocycles. The lowest BCUT2D eigenvalue weighted by Gasteiger charge is -2.10. The molecule has 0 atom stereocenters. The van der Waals surface area contributed by atoms with Crippen LogP contribution in [0, 0.1) is 17.1 Å². The number of halogens is 5. The molecule has 3 nitrogen and oxygen atoms in total. The summed E-state index contributed by atoms with van der Waals surface area (Å²) in [6.45, 7) is 0. The Morgan fingerprint density at radius 1 is 1.20 bits per heavy atom. The van der Waals surface area contributed by atoms with Gasteiger partial charge in [-0.3, -0.25) is 4.79 Å². The topological polar surface area (TPSA) is 52.9 Å². The molecule has 8 heteroatoms. The van der Waals surface area contributed by atoms with Crippen molar-refractivity contribution in [3.8, 4) is 6.07 Å². The highest BCUT2D eigenvalue weighted by Crippen LogP contribution is 2.33. The molecule has 0 aromatic heterocycles. The van der Waals surface area contributed by atoms with Crippen molar-refractivity contribution in [2.45, 2.75) is 6.18 Å². The lowest BCUT2D eigenvalue weighted by molar-refractivity contribution is -0.139. The Hall–Kier alpha value is -2.85. The number of hydrogen-bond acceptors (Lipinski definition) is 3. The smallest absolute Gasteiger partial charge is 0.360 e. The number of carbonyl (C=O) groups excluding carboxylic acids is 1. The number of anilines is 1. The van der Waals surface area contributed by atoms with E-state index >= 15 is 0 Å². The van der Waals surface area contributed by atoms with Crippen molar-refractivity contribution in [2.24, 2.45) is 0 Å². The van der Waals surface area contributed by atoms with Crippen molar-refractivity contribution in [3.05, 3.63) is 76.2 Å². The third-order valence-electron chi connectivity index (χ3n) is 3.14. The predicted octanol–water partition coefficient (Wildman–Crippen LogP) is 5.20. The normalized spacial score (nSPS) is 11.8. The van der Waals surface area contributed by atoms with Crippen LogP contribution in [0.5, 0.6) is 0 Å². The average molecular weight is 369 g/mol. The number of nitrogens with zero attached hydrogens (tertiary/aromatic N) is 1. The monoisotopic (exact) mass is 368 g/mol. The molecule has 0 aliphatic carbocycles. The first-order chi connectivity index (χ1) is 11.7. The number of ketones is 1. The maximum atomic E-state index is 13.2. The summed E-state index contributed by atoms with van der Waals surface area (Å²) in [5.74, 6) is -2.12. The Morgan fingerprint density at radius 2 is 1.88 bits per heavy atom. The van der Waals surface area contributed by atoms with Gasteiger partial charge in [0.05, 0.1) is 10.6 Å². The first kappa shape index (κ1) is 18.5. The molecule has 0 amide bonds. The van der Waals surface area contributed by atoms with Crippen LogP contribution < -0.4 is 5.32 Å². The second-order valence-corrected chi connectivity index (χ2v) is 5.22. The summed E-state index contributed by atoms with van der Waals surface area (Å²) in [4.78, 5) is 12.2. The molecule has 128 valence electrons. The van der Waals surface area contributed by atoms with E-state index in [1.165, 1.54) is 12.1 Å². The minimum absolute atomic E-state index is 0.0776. The number of nitriles is 1. The molecule has 0 saturated carbocycles. The van der Waals surface area contributed by atoms with E-state index in [1.54, 1.807) is 18.2 Å². The number of alkyl halides is 3. The molecule has 1 N–H and O–H groups in total. The van der Waals surface area contributed by atoms with Gasteiger partial charge in [0.15, 0.2) is 0 Å². The molecule has 0 aliphatic heterocycles. The van der Waals surface area contributed by atoms with Gasteiger partial charge in [-0.05, 0) is 30.3 Å². The van der Waals surface area contributed by atoms with Crippen molar-refractivity contribution in [1.29, 1.82) is 5.26 Å². The highest BCUT2D eigenvalue weighted by atomic mass is 35.5. The van der Waals surface area contributed by atoms with E-state index in [0.29, 0.717) is 12.1 Å². The van der Waals surface area contributed by atoms with Crippen LogP contribution in [0.4, 0.5) is 23.2 Å². The molecule has 0 unspecified atom stereocenters. The van der Waals surface area contributed by atoms with Gasteiger partial charge >= 0.3 is 6.18 Å². The third kappa shape index (κ3) is 4.37. The molecular formula is C17H9ClF4N2O. The highest BCUT2D eigenvalue weighted by molar-refractivity contribution is 6.35. The van der Waals surface area contributed by atoms with E-state index in [9.17, 15) is 22.4 Å². The van der Waals surface area contributed by atoms with Crippen LogP contribution in [-0.4, -0.2) is 5.78 Å². The van der Waals surface area contributed by atoms with Crippen molar-refractivity contribution in [1.82, 2.24) is 0 Å². The van der Waals surface area contributed by atoms with E-state index in [4.69, 9.17) is 16.9 Å². The summed E-state index contributed by atoms with van der Waals surface area (Å²) in [5, 5.41) is 11.6. The van der Waals surface area contributed by atoms with Gasteiger partial charge in [-0.25, -0.2) is 4.39 Å². The SMILES string of the molecule is N#CC(=CNc1ccc(F)c(C(F)(F)F)c1)C(=O)c1ccccc1Cl. The van der Waals surface area contributed by atoms with E-state index < -0.39 is 23.3 Å². The highest BCUT2D eigenvalue weighted by Gasteiger charge is 2.34. The summed E-state index contributed by atoms with van der Waals surface area (Å²) in [7, 11) is 0. The zero-order chi connectivity index (χ0) is 18.6. The lowest BCUT2D eigenvalue weighted by Crippen LogP contribution is -2.09. The van der Waals surface area contributed by atoms with Gasteiger partial charge in [-0.15, -0.1) is 0 Å². The fraction of sp³-hybridized carbons (Fsp3) is 0.0588. The fourth-order valence-corrected chi connectivity index (χ4v) is 2.15. The minimum atomic E-state index is -4.86. The Kier molecular flexibility index (Phi) is 5.45. The molecule has 0 aliphatic rings. The van der Waals surface area contributed by atoms with Crippen LogP contribution in [0.15, 0.2) is 54.2 Å². The van der Waals surface area contributed by atoms with Gasteiger partial charge in [-0.1, -0.05) is 23.7 Å². The number of benzene rings is 2. The number of hydrogen-bond donors (Lipinski definition) is 1. The van der Waals surface area contributed by atoms with E-state index in [2.05, 4.69) is 5.32 Å². The van der Waals surface area contributed by atoms with Crippen LogP contribution in [-0.2, 0) is 6.18 Å². The van der Waals surface area contributed by atoms with E-state index in [0.717, 1.165) is 12.3 Å². The zero-order valence-corrected chi connectivity index (χ0v) is 13.1. The van der Waals surface area contributed by atoms with Crippen molar-refractivity contribution >= 4 is 23.1 Å². The molecule has 0 spiro atoms. The number of Topliss-reactive ketones (excluding diaryl/α,β-unsaturated/α-hetero) is 1. The van der Waals surface area contributed by atoms with Gasteiger partial charge in [0.25, 0.3) is 0 Å². The summed E-state index contributed by atoms with van der Waals surface area (Å²) in [6.07, 6.45) is -3.92. The number of allylic oxidation sites excluding steroid dienone is 1. The van der Waals surface area contributed by atoms with Crippen molar-refractivity contribution in [2.75, 3.05) is 5.32 Å². The summed E-state index contributed by atoms with van der Waals surface area (Å²) in [5.41, 5.74) is -1.88. The Morgan fingerprint density at radius 3 is 2.48 bits per heavy atom. The van der Waals surface area contributed by atoms with Crippen LogP contribution in [0.25, 0.3) is 0 Å². The number of carbonyl (C=O) groups is 1. The molecule has 25 heavy (non-hydrogen) atoms. The number of rotatable bonds is 4. The Labute approximate surface area is 145 Å². The van der Waals surface area contributed by atoms with Gasteiger partial charge in [0, 0.05) is 17.5 Å². The molecule has 0 saturated heterocycles. The second-order valence-electron chi connectivity index (χ2n) is 4.82. The Balaban J connectivity index is 2.30. The summed E-state index contributed by atoms with van der Waals surface area (Å²) < 4.78 is 51.3. The van der Waals surface area contributed by atoms with Crippen LogP contribution in [0.2, 0.25) is 5.02 Å². The molecule has 0 bridgehead atoms. The standard InChI is InChI=1S/C17H9ClF4N2O/c18-14-4-2-1-3-12(14)16(25)10(8-23)9-24-11-5-6-15(19)13(7-11)17(20,21)22/h1-7,9,24H. The maximum Gasteiger partial charge on any atom is 0.419 e. The van der Waals surface area contributed by atoms with Crippen molar-refractivity contribution < 1.29 is 22.4 Å². The second kappa shape index (κ2) is 7.36. The molecule has 2 rings (SSSR count). The van der Waals surface area contributed by atoms with E-state index in [-0.39, 0.29) is 21.8 Å². The first-order valence-electron chi connectivity index (χ1n) is 6.77.